The Morgan fingerprint density at radius 3 is 2.36 bits per heavy atom. The van der Waals surface area contributed by atoms with E-state index in [0.29, 0.717) is 6.04 Å². The standard InChI is InChI=1S/C12H21NO/c1-7-9(2)13-10-8-11(3,4)14-12(10,5)6/h1,9-10,13H,8H2,2-6H3. The maximum absolute atomic E-state index is 5.96. The zero-order valence-corrected chi connectivity index (χ0v) is 9.85. The van der Waals surface area contributed by atoms with Gasteiger partial charge in [-0.05, 0) is 41.0 Å². The van der Waals surface area contributed by atoms with E-state index in [0.717, 1.165) is 6.42 Å². The molecule has 2 heteroatoms. The second-order valence-electron chi connectivity index (χ2n) is 5.28. The molecule has 0 spiro atoms. The quantitative estimate of drug-likeness (QED) is 0.680. The predicted molar refractivity (Wildman–Crippen MR) is 59.1 cm³/mol. The van der Waals surface area contributed by atoms with E-state index in [4.69, 9.17) is 11.2 Å². The smallest absolute Gasteiger partial charge is 0.0787 e. The molecule has 14 heavy (non-hydrogen) atoms. The van der Waals surface area contributed by atoms with Crippen molar-refractivity contribution in [2.75, 3.05) is 0 Å². The first-order valence-electron chi connectivity index (χ1n) is 5.19. The van der Waals surface area contributed by atoms with Crippen molar-refractivity contribution in [3.05, 3.63) is 0 Å². The SMILES string of the molecule is C#CC(C)NC1CC(C)(C)OC1(C)C. The lowest BCUT2D eigenvalue weighted by Gasteiger charge is -2.28. The molecule has 1 N–H and O–H groups in total. The normalized spacial score (nSPS) is 31.0. The number of hydrogen-bond acceptors (Lipinski definition) is 2. The predicted octanol–water partition coefficient (Wildman–Crippen LogP) is 1.94. The van der Waals surface area contributed by atoms with Gasteiger partial charge in [-0.3, -0.25) is 5.32 Å². The van der Waals surface area contributed by atoms with Crippen LogP contribution in [0.1, 0.15) is 41.0 Å². The summed E-state index contributed by atoms with van der Waals surface area (Å²) in [5, 5.41) is 3.41. The van der Waals surface area contributed by atoms with Crippen molar-refractivity contribution < 1.29 is 4.74 Å². The maximum atomic E-state index is 5.96. The van der Waals surface area contributed by atoms with Gasteiger partial charge in [-0.2, -0.15) is 0 Å². The van der Waals surface area contributed by atoms with Crippen LogP contribution >= 0.6 is 0 Å². The highest BCUT2D eigenvalue weighted by atomic mass is 16.5. The Hall–Kier alpha value is -0.520. The number of hydrogen-bond donors (Lipinski definition) is 1. The largest absolute Gasteiger partial charge is 0.368 e. The highest BCUT2D eigenvalue weighted by Crippen LogP contribution is 2.37. The van der Waals surface area contributed by atoms with Crippen LogP contribution in [0.15, 0.2) is 0 Å². The molecule has 0 saturated carbocycles. The van der Waals surface area contributed by atoms with Gasteiger partial charge in [0.25, 0.3) is 0 Å². The molecule has 0 aromatic heterocycles. The van der Waals surface area contributed by atoms with Crippen molar-refractivity contribution in [2.45, 2.75) is 64.3 Å². The van der Waals surface area contributed by atoms with Gasteiger partial charge in [0.15, 0.2) is 0 Å². The van der Waals surface area contributed by atoms with Crippen LogP contribution in [-0.4, -0.2) is 23.3 Å². The van der Waals surface area contributed by atoms with Gasteiger partial charge in [-0.1, -0.05) is 5.92 Å². The minimum atomic E-state index is -0.130. The molecule has 80 valence electrons. The summed E-state index contributed by atoms with van der Waals surface area (Å²) >= 11 is 0. The average molecular weight is 195 g/mol. The summed E-state index contributed by atoms with van der Waals surface area (Å²) in [6.07, 6.45) is 6.36. The van der Waals surface area contributed by atoms with Crippen LogP contribution in [0.25, 0.3) is 0 Å². The highest BCUT2D eigenvalue weighted by molar-refractivity contribution is 5.04. The van der Waals surface area contributed by atoms with Gasteiger partial charge in [0.1, 0.15) is 0 Å². The van der Waals surface area contributed by atoms with Crippen molar-refractivity contribution in [1.82, 2.24) is 5.32 Å². The summed E-state index contributed by atoms with van der Waals surface area (Å²) in [6, 6.07) is 0.445. The Morgan fingerprint density at radius 1 is 1.43 bits per heavy atom. The second kappa shape index (κ2) is 3.56. The Labute approximate surface area is 87.4 Å². The van der Waals surface area contributed by atoms with Crippen molar-refractivity contribution in [3.63, 3.8) is 0 Å². The molecule has 1 aliphatic heterocycles. The molecule has 0 radical (unpaired) electrons. The molecule has 0 aromatic carbocycles. The Bertz CT molecular complexity index is 250. The third-order valence-corrected chi connectivity index (χ3v) is 2.78. The van der Waals surface area contributed by atoms with E-state index in [2.05, 4.69) is 38.9 Å². The van der Waals surface area contributed by atoms with E-state index in [-0.39, 0.29) is 17.2 Å². The molecule has 0 amide bonds. The van der Waals surface area contributed by atoms with E-state index < -0.39 is 0 Å². The van der Waals surface area contributed by atoms with E-state index >= 15 is 0 Å². The molecular formula is C12H21NO. The van der Waals surface area contributed by atoms with Gasteiger partial charge in [0.05, 0.1) is 17.2 Å². The van der Waals surface area contributed by atoms with Crippen molar-refractivity contribution in [3.8, 4) is 12.3 Å². The van der Waals surface area contributed by atoms with Crippen LogP contribution in [0.5, 0.6) is 0 Å². The van der Waals surface area contributed by atoms with E-state index in [1.807, 2.05) is 6.92 Å². The topological polar surface area (TPSA) is 21.3 Å². The van der Waals surface area contributed by atoms with Gasteiger partial charge in [0, 0.05) is 6.04 Å². The molecule has 1 fully saturated rings. The van der Waals surface area contributed by atoms with Gasteiger partial charge >= 0.3 is 0 Å². The molecule has 0 aromatic rings. The number of rotatable bonds is 2. The Balaban J connectivity index is 2.67. The fraction of sp³-hybridized carbons (Fsp3) is 0.833. The molecule has 2 nitrogen and oxygen atoms in total. The molecule has 1 rings (SSSR count). The summed E-state index contributed by atoms with van der Waals surface area (Å²) in [7, 11) is 0. The van der Waals surface area contributed by atoms with Crippen molar-refractivity contribution in [2.24, 2.45) is 0 Å². The number of terminal acetylenes is 1. The molecule has 1 aliphatic rings. The van der Waals surface area contributed by atoms with Crippen molar-refractivity contribution >= 4 is 0 Å². The zero-order valence-electron chi connectivity index (χ0n) is 9.85. The number of ether oxygens (including phenoxy) is 1. The van der Waals surface area contributed by atoms with Gasteiger partial charge in [-0.25, -0.2) is 0 Å². The minimum Gasteiger partial charge on any atom is -0.368 e. The molecular weight excluding hydrogens is 174 g/mol. The van der Waals surface area contributed by atoms with Crippen LogP contribution in [0.2, 0.25) is 0 Å². The van der Waals surface area contributed by atoms with Gasteiger partial charge in [-0.15, -0.1) is 6.42 Å². The fourth-order valence-electron chi connectivity index (χ4n) is 2.17. The lowest BCUT2D eigenvalue weighted by molar-refractivity contribution is -0.0700. The molecule has 2 atom stereocenters. The molecule has 0 aliphatic carbocycles. The van der Waals surface area contributed by atoms with E-state index in [9.17, 15) is 0 Å². The van der Waals surface area contributed by atoms with Gasteiger partial charge < -0.3 is 4.74 Å². The summed E-state index contributed by atoms with van der Waals surface area (Å²) in [5.41, 5.74) is -0.176. The first-order chi connectivity index (χ1) is 6.27. The summed E-state index contributed by atoms with van der Waals surface area (Å²) in [6.45, 7) is 10.5. The molecule has 1 saturated heterocycles. The Kier molecular flexibility index (Phi) is 2.94. The molecule has 2 unspecified atom stereocenters. The molecule has 1 heterocycles. The maximum Gasteiger partial charge on any atom is 0.0787 e. The van der Waals surface area contributed by atoms with Crippen LogP contribution in [0, 0.1) is 12.3 Å². The van der Waals surface area contributed by atoms with Crippen LogP contribution < -0.4 is 5.32 Å². The van der Waals surface area contributed by atoms with E-state index in [1.165, 1.54) is 0 Å². The fourth-order valence-corrected chi connectivity index (χ4v) is 2.17. The van der Waals surface area contributed by atoms with Crippen LogP contribution in [-0.2, 0) is 4.74 Å². The number of nitrogens with one attached hydrogen (secondary N) is 1. The zero-order chi connectivity index (χ0) is 11.0. The first kappa shape index (κ1) is 11.6. The Morgan fingerprint density at radius 2 is 2.00 bits per heavy atom. The van der Waals surface area contributed by atoms with Crippen LogP contribution in [0.3, 0.4) is 0 Å². The highest BCUT2D eigenvalue weighted by Gasteiger charge is 2.45. The lowest BCUT2D eigenvalue weighted by atomic mass is 9.94. The van der Waals surface area contributed by atoms with E-state index in [1.54, 1.807) is 0 Å². The third-order valence-electron chi connectivity index (χ3n) is 2.78. The third kappa shape index (κ3) is 2.50. The minimum absolute atomic E-state index is 0.0461. The summed E-state index contributed by atoms with van der Waals surface area (Å²) < 4.78 is 5.96. The average Bonchev–Trinajstić information content (AvgIpc) is 2.19. The monoisotopic (exact) mass is 195 g/mol. The lowest BCUT2D eigenvalue weighted by Crippen LogP contribution is -2.46. The van der Waals surface area contributed by atoms with Crippen LogP contribution in [0.4, 0.5) is 0 Å². The second-order valence-corrected chi connectivity index (χ2v) is 5.28. The first-order valence-corrected chi connectivity index (χ1v) is 5.19. The van der Waals surface area contributed by atoms with Gasteiger partial charge in [0.2, 0.25) is 0 Å². The summed E-state index contributed by atoms with van der Waals surface area (Å²) in [5.74, 6) is 2.69. The molecule has 0 bridgehead atoms. The summed E-state index contributed by atoms with van der Waals surface area (Å²) in [4.78, 5) is 0. The van der Waals surface area contributed by atoms with Crippen molar-refractivity contribution in [1.29, 1.82) is 0 Å².